The Morgan fingerprint density at radius 1 is 1.38 bits per heavy atom. The molecule has 4 nitrogen and oxygen atoms in total. The van der Waals surface area contributed by atoms with Crippen molar-refractivity contribution < 1.29 is 12.8 Å². The van der Waals surface area contributed by atoms with Gasteiger partial charge in [-0.15, -0.1) is 0 Å². The van der Waals surface area contributed by atoms with Gasteiger partial charge in [0, 0.05) is 6.54 Å². The van der Waals surface area contributed by atoms with Crippen molar-refractivity contribution in [1.29, 1.82) is 0 Å². The maximum Gasteiger partial charge on any atom is 0.241 e. The van der Waals surface area contributed by atoms with Gasteiger partial charge in [-0.05, 0) is 24.5 Å². The summed E-state index contributed by atoms with van der Waals surface area (Å²) in [4.78, 5) is -0.453. The molecule has 1 aromatic rings. The second-order valence-corrected chi connectivity index (χ2v) is 7.49. The zero-order chi connectivity index (χ0) is 15.5. The molecule has 0 atom stereocenters. The molecular formula is C14H19FN2O2S2. The largest absolute Gasteiger partial charge is 0.389 e. The van der Waals surface area contributed by atoms with E-state index < -0.39 is 15.8 Å². The first-order chi connectivity index (χ1) is 9.92. The molecule has 0 heterocycles. The lowest BCUT2D eigenvalue weighted by Gasteiger charge is -2.13. The number of benzene rings is 1. The summed E-state index contributed by atoms with van der Waals surface area (Å²) in [6.07, 6.45) is 5.54. The summed E-state index contributed by atoms with van der Waals surface area (Å²) in [7, 11) is -3.81. The monoisotopic (exact) mass is 330 g/mol. The van der Waals surface area contributed by atoms with E-state index in [9.17, 15) is 12.8 Å². The first-order valence-corrected chi connectivity index (χ1v) is 8.89. The van der Waals surface area contributed by atoms with Gasteiger partial charge in [0.15, 0.2) is 0 Å². The van der Waals surface area contributed by atoms with Crippen molar-refractivity contribution in [3.63, 3.8) is 0 Å². The molecule has 0 spiro atoms. The van der Waals surface area contributed by atoms with Gasteiger partial charge in [0.1, 0.15) is 10.8 Å². The minimum absolute atomic E-state index is 0.193. The molecule has 0 radical (unpaired) electrons. The molecule has 21 heavy (non-hydrogen) atoms. The van der Waals surface area contributed by atoms with Gasteiger partial charge in [0.05, 0.1) is 10.5 Å². The number of rotatable bonds is 6. The molecule has 0 bridgehead atoms. The van der Waals surface area contributed by atoms with Gasteiger partial charge >= 0.3 is 0 Å². The van der Waals surface area contributed by atoms with E-state index >= 15 is 0 Å². The van der Waals surface area contributed by atoms with Crippen molar-refractivity contribution in [2.45, 2.75) is 37.0 Å². The summed E-state index contributed by atoms with van der Waals surface area (Å²) in [5.41, 5.74) is 5.22. The lowest BCUT2D eigenvalue weighted by molar-refractivity contribution is 0.495. The molecule has 0 saturated heterocycles. The van der Waals surface area contributed by atoms with E-state index in [4.69, 9.17) is 18.0 Å². The van der Waals surface area contributed by atoms with Crippen LogP contribution in [0.3, 0.4) is 0 Å². The zero-order valence-electron chi connectivity index (χ0n) is 11.6. The SMILES string of the molecule is NC(=S)c1c(F)cccc1S(=O)(=O)NCCC1CCCC1. The zero-order valence-corrected chi connectivity index (χ0v) is 13.3. The molecule has 0 amide bonds. The van der Waals surface area contributed by atoms with Gasteiger partial charge < -0.3 is 5.73 Å². The van der Waals surface area contributed by atoms with Gasteiger partial charge in [-0.2, -0.15) is 0 Å². The third kappa shape index (κ3) is 3.99. The molecule has 116 valence electrons. The Bertz CT molecular complexity index is 626. The summed E-state index contributed by atoms with van der Waals surface area (Å²) in [6, 6.07) is 3.80. The van der Waals surface area contributed by atoms with Crippen molar-refractivity contribution in [1.82, 2.24) is 4.72 Å². The number of hydrogen-bond acceptors (Lipinski definition) is 3. The molecule has 2 rings (SSSR count). The van der Waals surface area contributed by atoms with Gasteiger partial charge in [-0.1, -0.05) is 44.0 Å². The van der Waals surface area contributed by atoms with Gasteiger partial charge in [0.2, 0.25) is 10.0 Å². The fourth-order valence-corrected chi connectivity index (χ4v) is 4.29. The molecule has 0 aromatic heterocycles. The van der Waals surface area contributed by atoms with Crippen LogP contribution in [0.4, 0.5) is 4.39 Å². The standard InChI is InChI=1S/C14H19FN2O2S2/c15-11-6-3-7-12(13(11)14(16)20)21(18,19)17-9-8-10-4-1-2-5-10/h3,6-7,10,17H,1-2,4-5,8-9H2,(H2,16,20). The van der Waals surface area contributed by atoms with E-state index in [1.165, 1.54) is 25.0 Å². The second kappa shape index (κ2) is 6.81. The van der Waals surface area contributed by atoms with Crippen LogP contribution >= 0.6 is 12.2 Å². The smallest absolute Gasteiger partial charge is 0.241 e. The Kier molecular flexibility index (Phi) is 5.29. The van der Waals surface area contributed by atoms with Crippen LogP contribution in [-0.2, 0) is 10.0 Å². The van der Waals surface area contributed by atoms with E-state index in [-0.39, 0.29) is 15.4 Å². The van der Waals surface area contributed by atoms with Crippen LogP contribution in [-0.4, -0.2) is 20.0 Å². The first kappa shape index (κ1) is 16.3. The van der Waals surface area contributed by atoms with Crippen LogP contribution in [0.1, 0.15) is 37.7 Å². The van der Waals surface area contributed by atoms with Crippen LogP contribution in [0.15, 0.2) is 23.1 Å². The molecule has 1 aliphatic carbocycles. The van der Waals surface area contributed by atoms with Gasteiger partial charge in [0.25, 0.3) is 0 Å². The lowest BCUT2D eigenvalue weighted by Crippen LogP contribution is -2.28. The highest BCUT2D eigenvalue weighted by Gasteiger charge is 2.23. The highest BCUT2D eigenvalue weighted by molar-refractivity contribution is 7.89. The Labute approximate surface area is 130 Å². The van der Waals surface area contributed by atoms with E-state index in [2.05, 4.69) is 4.72 Å². The van der Waals surface area contributed by atoms with Gasteiger partial charge in [-0.25, -0.2) is 17.5 Å². The Morgan fingerprint density at radius 2 is 2.05 bits per heavy atom. The normalized spacial score (nSPS) is 16.2. The lowest BCUT2D eigenvalue weighted by atomic mass is 10.1. The molecule has 3 N–H and O–H groups in total. The van der Waals surface area contributed by atoms with Crippen LogP contribution in [0.25, 0.3) is 0 Å². The minimum Gasteiger partial charge on any atom is -0.389 e. The second-order valence-electron chi connectivity index (χ2n) is 5.31. The topological polar surface area (TPSA) is 72.2 Å². The van der Waals surface area contributed by atoms with Crippen molar-refractivity contribution in [2.24, 2.45) is 11.7 Å². The predicted molar refractivity (Wildman–Crippen MR) is 84.1 cm³/mol. The highest BCUT2D eigenvalue weighted by Crippen LogP contribution is 2.27. The average molecular weight is 330 g/mol. The maximum atomic E-state index is 13.7. The van der Waals surface area contributed by atoms with E-state index in [1.54, 1.807) is 0 Å². The Morgan fingerprint density at radius 3 is 2.67 bits per heavy atom. The number of nitrogens with two attached hydrogens (primary N) is 1. The highest BCUT2D eigenvalue weighted by atomic mass is 32.2. The van der Waals surface area contributed by atoms with Crippen LogP contribution < -0.4 is 10.5 Å². The molecule has 1 saturated carbocycles. The molecule has 0 aliphatic heterocycles. The van der Waals surface area contributed by atoms with Crippen LogP contribution in [0, 0.1) is 11.7 Å². The Hall–Kier alpha value is -1.05. The maximum absolute atomic E-state index is 13.7. The average Bonchev–Trinajstić information content (AvgIpc) is 2.91. The molecule has 7 heteroatoms. The summed E-state index contributed by atoms with van der Waals surface area (Å²) in [5, 5.41) is 0. The summed E-state index contributed by atoms with van der Waals surface area (Å²) < 4.78 is 40.8. The summed E-state index contributed by atoms with van der Waals surface area (Å²) in [6.45, 7) is 0.348. The molecule has 0 unspecified atom stereocenters. The number of hydrogen-bond donors (Lipinski definition) is 2. The molecule has 1 aliphatic rings. The Balaban J connectivity index is 2.12. The number of sulfonamides is 1. The van der Waals surface area contributed by atoms with E-state index in [0.717, 1.165) is 25.3 Å². The van der Waals surface area contributed by atoms with E-state index in [1.807, 2.05) is 0 Å². The third-order valence-corrected chi connectivity index (χ3v) is 5.54. The summed E-state index contributed by atoms with van der Waals surface area (Å²) >= 11 is 4.75. The van der Waals surface area contributed by atoms with Crippen molar-refractivity contribution in [2.75, 3.05) is 6.54 Å². The molecule has 1 aromatic carbocycles. The van der Waals surface area contributed by atoms with Crippen molar-refractivity contribution in [3.05, 3.63) is 29.6 Å². The number of thiocarbonyl (C=S) groups is 1. The van der Waals surface area contributed by atoms with Crippen LogP contribution in [0.5, 0.6) is 0 Å². The van der Waals surface area contributed by atoms with E-state index in [0.29, 0.717) is 12.5 Å². The van der Waals surface area contributed by atoms with Crippen molar-refractivity contribution >= 4 is 27.2 Å². The predicted octanol–water partition coefficient (Wildman–Crippen LogP) is 2.32. The third-order valence-electron chi connectivity index (χ3n) is 3.83. The first-order valence-electron chi connectivity index (χ1n) is 7.00. The fraction of sp³-hybridized carbons (Fsp3) is 0.500. The quantitative estimate of drug-likeness (QED) is 0.785. The molecular weight excluding hydrogens is 311 g/mol. The minimum atomic E-state index is -3.81. The summed E-state index contributed by atoms with van der Waals surface area (Å²) in [5.74, 6) is -0.142. The molecule has 1 fully saturated rings. The van der Waals surface area contributed by atoms with Crippen LogP contribution in [0.2, 0.25) is 0 Å². The van der Waals surface area contributed by atoms with Crippen molar-refractivity contribution in [3.8, 4) is 0 Å². The number of nitrogens with one attached hydrogen (secondary N) is 1. The number of halogens is 1. The fourth-order valence-electron chi connectivity index (χ4n) is 2.74. The van der Waals surface area contributed by atoms with Gasteiger partial charge in [-0.3, -0.25) is 0 Å².